The molecule has 0 aliphatic heterocycles. The second-order valence-corrected chi connectivity index (χ2v) is 9.20. The number of likely N-dealkylation sites (N-methyl/N-ethyl adjacent to an activating group) is 1. The quantitative estimate of drug-likeness (QED) is 0.797. The van der Waals surface area contributed by atoms with Gasteiger partial charge in [0.15, 0.2) is 9.84 Å². The van der Waals surface area contributed by atoms with Gasteiger partial charge < -0.3 is 10.2 Å². The smallest absolute Gasteiger partial charge is 0.240 e. The zero-order valence-corrected chi connectivity index (χ0v) is 16.4. The van der Waals surface area contributed by atoms with Gasteiger partial charge in [-0.05, 0) is 46.8 Å². The summed E-state index contributed by atoms with van der Waals surface area (Å²) in [5, 5.41) is 2.79. The lowest BCUT2D eigenvalue weighted by molar-refractivity contribution is -0.136. The van der Waals surface area contributed by atoms with Crippen molar-refractivity contribution in [3.63, 3.8) is 0 Å². The minimum atomic E-state index is -3.52. The number of rotatable bonds is 7. The van der Waals surface area contributed by atoms with Crippen molar-refractivity contribution in [1.29, 1.82) is 0 Å². The maximum Gasteiger partial charge on any atom is 0.240 e. The molecule has 6 nitrogen and oxygen atoms in total. The molecule has 2 amide bonds. The van der Waals surface area contributed by atoms with Crippen LogP contribution in [0.4, 0.5) is 0 Å². The molecule has 0 aromatic heterocycles. The van der Waals surface area contributed by atoms with Crippen molar-refractivity contribution in [1.82, 2.24) is 10.2 Å². The standard InChI is InChI=1S/C18H28N2O4S/c1-6-20(13-16(21)19-18(3,4)5)17(22)11-12-25(23,24)15-9-7-14(2)8-10-15/h7-10H,6,11-13H2,1-5H3,(H,19,21). The number of benzene rings is 1. The number of hydrogen-bond donors (Lipinski definition) is 1. The highest BCUT2D eigenvalue weighted by Crippen LogP contribution is 2.13. The van der Waals surface area contributed by atoms with Crippen molar-refractivity contribution in [2.24, 2.45) is 0 Å². The summed E-state index contributed by atoms with van der Waals surface area (Å²) in [6.07, 6.45) is -0.146. The molecule has 0 unspecified atom stereocenters. The summed E-state index contributed by atoms with van der Waals surface area (Å²) < 4.78 is 24.6. The van der Waals surface area contributed by atoms with Gasteiger partial charge in [-0.2, -0.15) is 0 Å². The zero-order chi connectivity index (χ0) is 19.3. The van der Waals surface area contributed by atoms with Crippen LogP contribution >= 0.6 is 0 Å². The van der Waals surface area contributed by atoms with Crippen LogP contribution in [0.15, 0.2) is 29.2 Å². The van der Waals surface area contributed by atoms with E-state index >= 15 is 0 Å². The van der Waals surface area contributed by atoms with E-state index in [1.165, 1.54) is 4.90 Å². The van der Waals surface area contributed by atoms with Gasteiger partial charge in [0.1, 0.15) is 0 Å². The second kappa shape index (κ2) is 8.47. The van der Waals surface area contributed by atoms with Crippen LogP contribution in [0.2, 0.25) is 0 Å². The van der Waals surface area contributed by atoms with E-state index in [9.17, 15) is 18.0 Å². The minimum Gasteiger partial charge on any atom is -0.350 e. The first-order valence-corrected chi connectivity index (χ1v) is 9.98. The molecule has 1 N–H and O–H groups in total. The lowest BCUT2D eigenvalue weighted by atomic mass is 10.1. The van der Waals surface area contributed by atoms with E-state index in [1.807, 2.05) is 27.7 Å². The van der Waals surface area contributed by atoms with Gasteiger partial charge in [0, 0.05) is 18.5 Å². The van der Waals surface area contributed by atoms with E-state index < -0.39 is 9.84 Å². The fourth-order valence-corrected chi connectivity index (χ4v) is 3.48. The molecule has 0 radical (unpaired) electrons. The molecule has 0 spiro atoms. The Hall–Kier alpha value is -1.89. The van der Waals surface area contributed by atoms with E-state index in [2.05, 4.69) is 5.32 Å². The average Bonchev–Trinajstić information content (AvgIpc) is 2.49. The van der Waals surface area contributed by atoms with Gasteiger partial charge in [0.05, 0.1) is 17.2 Å². The van der Waals surface area contributed by atoms with Crippen molar-refractivity contribution >= 4 is 21.7 Å². The molecule has 0 saturated carbocycles. The Balaban J connectivity index is 2.66. The topological polar surface area (TPSA) is 83.6 Å². The molecule has 25 heavy (non-hydrogen) atoms. The summed E-state index contributed by atoms with van der Waals surface area (Å²) in [4.78, 5) is 25.8. The van der Waals surface area contributed by atoms with Crippen LogP contribution in [0.5, 0.6) is 0 Å². The van der Waals surface area contributed by atoms with Gasteiger partial charge in [0.2, 0.25) is 11.8 Å². The highest BCUT2D eigenvalue weighted by atomic mass is 32.2. The summed E-state index contributed by atoms with van der Waals surface area (Å²) in [6.45, 7) is 9.49. The summed E-state index contributed by atoms with van der Waals surface area (Å²) in [7, 11) is -3.52. The van der Waals surface area contributed by atoms with Crippen LogP contribution in [0.3, 0.4) is 0 Å². The van der Waals surface area contributed by atoms with E-state index in [1.54, 1.807) is 31.2 Å². The van der Waals surface area contributed by atoms with Crippen LogP contribution in [-0.2, 0) is 19.4 Å². The summed E-state index contributed by atoms with van der Waals surface area (Å²) in [5.74, 6) is -0.877. The Labute approximate surface area is 150 Å². The Morgan fingerprint density at radius 2 is 1.68 bits per heavy atom. The van der Waals surface area contributed by atoms with Crippen molar-refractivity contribution < 1.29 is 18.0 Å². The third-order valence-electron chi connectivity index (χ3n) is 3.55. The first-order valence-electron chi connectivity index (χ1n) is 8.33. The van der Waals surface area contributed by atoms with Crippen molar-refractivity contribution in [3.05, 3.63) is 29.8 Å². The predicted molar refractivity (Wildman–Crippen MR) is 98.0 cm³/mol. The lowest BCUT2D eigenvalue weighted by Gasteiger charge is -2.25. The number of carbonyl (C=O) groups is 2. The number of sulfone groups is 1. The average molecular weight is 368 g/mol. The van der Waals surface area contributed by atoms with Gasteiger partial charge in [-0.25, -0.2) is 8.42 Å². The number of amides is 2. The van der Waals surface area contributed by atoms with Gasteiger partial charge in [-0.15, -0.1) is 0 Å². The van der Waals surface area contributed by atoms with Crippen LogP contribution in [-0.4, -0.2) is 49.5 Å². The number of carbonyl (C=O) groups excluding carboxylic acids is 2. The molecule has 1 aromatic carbocycles. The van der Waals surface area contributed by atoms with Crippen LogP contribution < -0.4 is 5.32 Å². The third kappa shape index (κ3) is 7.25. The third-order valence-corrected chi connectivity index (χ3v) is 5.28. The first-order chi connectivity index (χ1) is 11.4. The number of hydrogen-bond acceptors (Lipinski definition) is 4. The fraction of sp³-hybridized carbons (Fsp3) is 0.556. The molecule has 1 rings (SSSR count). The molecular formula is C18H28N2O4S. The zero-order valence-electron chi connectivity index (χ0n) is 15.6. The number of aryl methyl sites for hydroxylation is 1. The van der Waals surface area contributed by atoms with Crippen LogP contribution in [0, 0.1) is 6.92 Å². The SMILES string of the molecule is CCN(CC(=O)NC(C)(C)C)C(=O)CCS(=O)(=O)c1ccc(C)cc1. The molecule has 7 heteroatoms. The number of nitrogens with zero attached hydrogens (tertiary/aromatic N) is 1. The van der Waals surface area contributed by atoms with E-state index in [-0.39, 0.29) is 41.0 Å². The monoisotopic (exact) mass is 368 g/mol. The maximum atomic E-state index is 12.3. The largest absolute Gasteiger partial charge is 0.350 e. The van der Waals surface area contributed by atoms with Gasteiger partial charge >= 0.3 is 0 Å². The van der Waals surface area contributed by atoms with Gasteiger partial charge in [0.25, 0.3) is 0 Å². The van der Waals surface area contributed by atoms with Crippen molar-refractivity contribution in [3.8, 4) is 0 Å². The maximum absolute atomic E-state index is 12.3. The first kappa shape index (κ1) is 21.2. The fourth-order valence-electron chi connectivity index (χ4n) is 2.25. The van der Waals surface area contributed by atoms with Crippen LogP contribution in [0.1, 0.15) is 39.7 Å². The van der Waals surface area contributed by atoms with Crippen molar-refractivity contribution in [2.75, 3.05) is 18.8 Å². The molecule has 0 heterocycles. The lowest BCUT2D eigenvalue weighted by Crippen LogP contribution is -2.47. The van der Waals surface area contributed by atoms with E-state index in [0.29, 0.717) is 6.54 Å². The van der Waals surface area contributed by atoms with E-state index in [4.69, 9.17) is 0 Å². The number of nitrogens with one attached hydrogen (secondary N) is 1. The van der Waals surface area contributed by atoms with Gasteiger partial charge in [-0.1, -0.05) is 17.7 Å². The summed E-state index contributed by atoms with van der Waals surface area (Å²) in [6, 6.07) is 6.54. The normalized spacial score (nSPS) is 11.9. The molecule has 0 saturated heterocycles. The second-order valence-electron chi connectivity index (χ2n) is 7.09. The molecule has 0 atom stereocenters. The Bertz CT molecular complexity index is 704. The predicted octanol–water partition coefficient (Wildman–Crippen LogP) is 1.92. The molecule has 140 valence electrons. The molecule has 0 aliphatic carbocycles. The minimum absolute atomic E-state index is 0.0722. The molecule has 0 bridgehead atoms. The molecule has 0 aliphatic rings. The van der Waals surface area contributed by atoms with Crippen LogP contribution in [0.25, 0.3) is 0 Å². The Morgan fingerprint density at radius 1 is 1.12 bits per heavy atom. The summed E-state index contributed by atoms with van der Waals surface area (Å²) in [5.41, 5.74) is 0.589. The highest BCUT2D eigenvalue weighted by molar-refractivity contribution is 7.91. The summed E-state index contributed by atoms with van der Waals surface area (Å²) >= 11 is 0. The van der Waals surface area contributed by atoms with E-state index in [0.717, 1.165) is 5.56 Å². The van der Waals surface area contributed by atoms with Crippen molar-refractivity contribution in [2.45, 2.75) is 51.5 Å². The Kier molecular flexibility index (Phi) is 7.17. The molecule has 0 fully saturated rings. The highest BCUT2D eigenvalue weighted by Gasteiger charge is 2.22. The molecular weight excluding hydrogens is 340 g/mol. The Morgan fingerprint density at radius 3 is 2.16 bits per heavy atom. The molecule has 1 aromatic rings. The van der Waals surface area contributed by atoms with Gasteiger partial charge in [-0.3, -0.25) is 9.59 Å².